The van der Waals surface area contributed by atoms with Crippen molar-refractivity contribution in [2.45, 2.75) is 39.0 Å². The minimum absolute atomic E-state index is 0.0837. The standard InChI is InChI=1S/C20H24BrO2Si/c1-13-5-4-6-19(14(13)2)24(17-9-7-16(21)8-10-17)20-15(3)18(22)11-12-23-20/h4-10,15,18,20,22H,11-12H2,1-3H3. The third-order valence-corrected chi connectivity index (χ3v) is 9.00. The largest absolute Gasteiger partial charge is 0.393 e. The van der Waals surface area contributed by atoms with Gasteiger partial charge in [-0.15, -0.1) is 0 Å². The van der Waals surface area contributed by atoms with E-state index >= 15 is 0 Å². The Kier molecular flexibility index (Phi) is 5.60. The van der Waals surface area contributed by atoms with Crippen LogP contribution < -0.4 is 10.4 Å². The van der Waals surface area contributed by atoms with Gasteiger partial charge in [-0.3, -0.25) is 0 Å². The monoisotopic (exact) mass is 403 g/mol. The quantitative estimate of drug-likeness (QED) is 0.798. The summed E-state index contributed by atoms with van der Waals surface area (Å²) in [4.78, 5) is 0. The minimum Gasteiger partial charge on any atom is -0.393 e. The third kappa shape index (κ3) is 3.52. The lowest BCUT2D eigenvalue weighted by atomic mass is 10.0. The number of benzene rings is 2. The van der Waals surface area contributed by atoms with Gasteiger partial charge in [-0.2, -0.15) is 0 Å². The Hall–Kier alpha value is -0.943. The lowest BCUT2D eigenvalue weighted by Crippen LogP contribution is -2.59. The molecule has 2 nitrogen and oxygen atoms in total. The summed E-state index contributed by atoms with van der Waals surface area (Å²) < 4.78 is 7.32. The fourth-order valence-corrected chi connectivity index (χ4v) is 7.07. The van der Waals surface area contributed by atoms with Gasteiger partial charge in [-0.1, -0.05) is 58.4 Å². The van der Waals surface area contributed by atoms with Crippen molar-refractivity contribution in [1.29, 1.82) is 0 Å². The first-order valence-electron chi connectivity index (χ1n) is 8.48. The highest BCUT2D eigenvalue weighted by Crippen LogP contribution is 2.24. The molecule has 3 rings (SSSR count). The van der Waals surface area contributed by atoms with E-state index in [0.717, 1.165) is 10.9 Å². The Balaban J connectivity index is 2.10. The first-order valence-corrected chi connectivity index (χ1v) is 10.8. The zero-order valence-electron chi connectivity index (χ0n) is 14.4. The van der Waals surface area contributed by atoms with Gasteiger partial charge in [0.15, 0.2) is 8.80 Å². The van der Waals surface area contributed by atoms with Crippen LogP contribution in [0, 0.1) is 19.8 Å². The fourth-order valence-electron chi connectivity index (χ4n) is 3.42. The SMILES string of the molecule is Cc1cccc([Si](c2ccc(Br)cc2)C2OCCC(O)C2C)c1C. The highest BCUT2D eigenvalue weighted by molar-refractivity contribution is 9.10. The van der Waals surface area contributed by atoms with E-state index in [9.17, 15) is 5.11 Å². The molecule has 0 bridgehead atoms. The maximum Gasteiger partial charge on any atom is 0.155 e. The number of hydrogen-bond donors (Lipinski definition) is 1. The Morgan fingerprint density at radius 3 is 2.54 bits per heavy atom. The molecule has 0 saturated carbocycles. The molecule has 0 aliphatic carbocycles. The predicted molar refractivity (Wildman–Crippen MR) is 105 cm³/mol. The van der Waals surface area contributed by atoms with E-state index < -0.39 is 8.80 Å². The molecule has 127 valence electrons. The molecular weight excluding hydrogens is 380 g/mol. The van der Waals surface area contributed by atoms with Gasteiger partial charge in [-0.25, -0.2) is 0 Å². The topological polar surface area (TPSA) is 29.5 Å². The number of aliphatic hydroxyl groups excluding tert-OH is 1. The number of ether oxygens (including phenoxy) is 1. The molecule has 0 amide bonds. The molecule has 4 heteroatoms. The van der Waals surface area contributed by atoms with E-state index in [4.69, 9.17) is 4.74 Å². The lowest BCUT2D eigenvalue weighted by Gasteiger charge is -2.38. The highest BCUT2D eigenvalue weighted by Gasteiger charge is 2.39. The minimum atomic E-state index is -1.15. The van der Waals surface area contributed by atoms with Crippen LogP contribution in [0.15, 0.2) is 46.9 Å². The molecule has 24 heavy (non-hydrogen) atoms. The lowest BCUT2D eigenvalue weighted by molar-refractivity contribution is -0.0510. The average molecular weight is 404 g/mol. The van der Waals surface area contributed by atoms with Crippen LogP contribution in [0.2, 0.25) is 0 Å². The highest BCUT2D eigenvalue weighted by atomic mass is 79.9. The number of hydrogen-bond acceptors (Lipinski definition) is 2. The summed E-state index contributed by atoms with van der Waals surface area (Å²) in [6.07, 6.45) is 0.462. The number of rotatable bonds is 3. The van der Waals surface area contributed by atoms with Crippen molar-refractivity contribution in [1.82, 2.24) is 0 Å². The van der Waals surface area contributed by atoms with Crippen LogP contribution in [-0.4, -0.2) is 32.3 Å². The third-order valence-electron chi connectivity index (χ3n) is 5.13. The van der Waals surface area contributed by atoms with Crippen molar-refractivity contribution >= 4 is 35.1 Å². The number of halogens is 1. The van der Waals surface area contributed by atoms with Crippen LogP contribution in [0.4, 0.5) is 0 Å². The molecule has 1 fully saturated rings. The Bertz CT molecular complexity index is 701. The van der Waals surface area contributed by atoms with Gasteiger partial charge < -0.3 is 9.84 Å². The van der Waals surface area contributed by atoms with Crippen molar-refractivity contribution in [2.24, 2.45) is 5.92 Å². The van der Waals surface area contributed by atoms with E-state index in [1.807, 2.05) is 0 Å². The molecule has 3 atom stereocenters. The van der Waals surface area contributed by atoms with E-state index in [0.29, 0.717) is 6.61 Å². The molecular formula is C20H24BrO2Si. The van der Waals surface area contributed by atoms with Crippen LogP contribution in [-0.2, 0) is 4.74 Å². The molecule has 2 aromatic rings. The van der Waals surface area contributed by atoms with E-state index in [1.54, 1.807) is 0 Å². The van der Waals surface area contributed by atoms with Gasteiger partial charge in [-0.05, 0) is 48.7 Å². The molecule has 1 saturated heterocycles. The zero-order valence-corrected chi connectivity index (χ0v) is 17.0. The maximum absolute atomic E-state index is 10.4. The summed E-state index contributed by atoms with van der Waals surface area (Å²) in [6.45, 7) is 7.15. The molecule has 1 radical (unpaired) electrons. The van der Waals surface area contributed by atoms with Crippen molar-refractivity contribution < 1.29 is 9.84 Å². The normalized spacial score (nSPS) is 24.3. The molecule has 1 heterocycles. The van der Waals surface area contributed by atoms with Crippen LogP contribution in [0.5, 0.6) is 0 Å². The van der Waals surface area contributed by atoms with Crippen LogP contribution >= 0.6 is 15.9 Å². The number of aryl methyl sites for hydroxylation is 1. The van der Waals surface area contributed by atoms with E-state index in [1.165, 1.54) is 21.5 Å². The average Bonchev–Trinajstić information content (AvgIpc) is 2.57. The summed E-state index contributed by atoms with van der Waals surface area (Å²) in [7, 11) is -1.15. The van der Waals surface area contributed by atoms with Crippen LogP contribution in [0.1, 0.15) is 24.5 Å². The Morgan fingerprint density at radius 1 is 1.12 bits per heavy atom. The van der Waals surface area contributed by atoms with Gasteiger partial charge in [0.05, 0.1) is 11.8 Å². The van der Waals surface area contributed by atoms with Gasteiger partial charge in [0.1, 0.15) is 0 Å². The molecule has 1 aliphatic heterocycles. The Morgan fingerprint density at radius 2 is 1.83 bits per heavy atom. The predicted octanol–water partition coefficient (Wildman–Crippen LogP) is 3.00. The van der Waals surface area contributed by atoms with Crippen LogP contribution in [0.3, 0.4) is 0 Å². The van der Waals surface area contributed by atoms with Gasteiger partial charge in [0.25, 0.3) is 0 Å². The van der Waals surface area contributed by atoms with Crippen molar-refractivity contribution in [3.8, 4) is 0 Å². The smallest absolute Gasteiger partial charge is 0.155 e. The van der Waals surface area contributed by atoms with E-state index in [2.05, 4.69) is 79.2 Å². The van der Waals surface area contributed by atoms with Crippen LogP contribution in [0.25, 0.3) is 0 Å². The molecule has 0 spiro atoms. The summed E-state index contributed by atoms with van der Waals surface area (Å²) in [5.74, 6) is 0.149. The van der Waals surface area contributed by atoms with Crippen molar-refractivity contribution in [3.05, 3.63) is 58.1 Å². The molecule has 2 aromatic carbocycles. The van der Waals surface area contributed by atoms with Crippen molar-refractivity contribution in [2.75, 3.05) is 6.61 Å². The molecule has 3 unspecified atom stereocenters. The second-order valence-corrected chi connectivity index (χ2v) is 10.1. The second-order valence-electron chi connectivity index (χ2n) is 6.67. The summed E-state index contributed by atoms with van der Waals surface area (Å²) >= 11 is 3.53. The van der Waals surface area contributed by atoms with Crippen molar-refractivity contribution in [3.63, 3.8) is 0 Å². The summed E-state index contributed by atoms with van der Waals surface area (Å²) in [5, 5.41) is 13.1. The van der Waals surface area contributed by atoms with Gasteiger partial charge >= 0.3 is 0 Å². The van der Waals surface area contributed by atoms with E-state index in [-0.39, 0.29) is 17.7 Å². The number of aliphatic hydroxyl groups is 1. The Labute approximate surface area is 154 Å². The van der Waals surface area contributed by atoms with Gasteiger partial charge in [0, 0.05) is 17.0 Å². The summed E-state index contributed by atoms with van der Waals surface area (Å²) in [6, 6.07) is 15.2. The summed E-state index contributed by atoms with van der Waals surface area (Å²) in [5.41, 5.74) is 2.75. The maximum atomic E-state index is 10.4. The molecule has 1 aliphatic rings. The van der Waals surface area contributed by atoms with Gasteiger partial charge in [0.2, 0.25) is 0 Å². The molecule has 0 aromatic heterocycles. The molecule has 1 N–H and O–H groups in total. The first kappa shape index (κ1) is 17.9. The zero-order chi connectivity index (χ0) is 17.3. The first-order chi connectivity index (χ1) is 11.5. The second kappa shape index (κ2) is 7.52. The fraction of sp³-hybridized carbons (Fsp3) is 0.400.